The highest BCUT2D eigenvalue weighted by atomic mass is 32.1. The molecule has 28 heavy (non-hydrogen) atoms. The molecule has 8 heteroatoms. The van der Waals surface area contributed by atoms with E-state index in [4.69, 9.17) is 4.98 Å². The second kappa shape index (κ2) is 7.67. The second-order valence-corrected chi connectivity index (χ2v) is 9.40. The first kappa shape index (κ1) is 19.1. The maximum Gasteiger partial charge on any atom is 0.265 e. The monoisotopic (exact) mass is 413 g/mol. The fraction of sp³-hybridized carbons (Fsp3) is 0.450. The summed E-state index contributed by atoms with van der Waals surface area (Å²) in [6.07, 6.45) is 3.68. The standard InChI is InChI=1S/C20H23N5OS2/c1-11-17(16-5-8-21-13(3)24-16)28-19(23-11)15-6-9-25(10-7-15)20(26)18-12(2)22-14(4)27-18/h5,8,15H,6-7,9-10H2,1-4H3. The first-order valence-electron chi connectivity index (χ1n) is 9.43. The number of likely N-dealkylation sites (tertiary alicyclic amines) is 1. The first-order valence-corrected chi connectivity index (χ1v) is 11.1. The lowest BCUT2D eigenvalue weighted by Crippen LogP contribution is -2.37. The third kappa shape index (κ3) is 3.71. The number of carbonyl (C=O) groups is 1. The van der Waals surface area contributed by atoms with Gasteiger partial charge in [-0.3, -0.25) is 4.79 Å². The Bertz CT molecular complexity index is 1020. The molecule has 0 bridgehead atoms. The maximum absolute atomic E-state index is 12.8. The lowest BCUT2D eigenvalue weighted by molar-refractivity contribution is 0.0717. The van der Waals surface area contributed by atoms with Crippen LogP contribution in [-0.4, -0.2) is 43.8 Å². The molecule has 1 amide bonds. The van der Waals surface area contributed by atoms with Crippen LogP contribution in [0.3, 0.4) is 0 Å². The number of aromatic nitrogens is 4. The summed E-state index contributed by atoms with van der Waals surface area (Å²) in [5, 5.41) is 2.10. The van der Waals surface area contributed by atoms with E-state index < -0.39 is 0 Å². The van der Waals surface area contributed by atoms with Gasteiger partial charge in [0.25, 0.3) is 5.91 Å². The fourth-order valence-corrected chi connectivity index (χ4v) is 5.71. The average Bonchev–Trinajstić information content (AvgIpc) is 3.23. The van der Waals surface area contributed by atoms with Crippen LogP contribution in [0.5, 0.6) is 0 Å². The number of carbonyl (C=O) groups excluding carboxylic acids is 1. The lowest BCUT2D eigenvalue weighted by atomic mass is 9.97. The van der Waals surface area contributed by atoms with Gasteiger partial charge in [-0.2, -0.15) is 0 Å². The third-order valence-corrected chi connectivity index (χ3v) is 7.45. The minimum Gasteiger partial charge on any atom is -0.338 e. The van der Waals surface area contributed by atoms with Crippen LogP contribution < -0.4 is 0 Å². The molecule has 3 aromatic heterocycles. The summed E-state index contributed by atoms with van der Waals surface area (Å²) in [4.78, 5) is 34.6. The molecule has 0 aromatic carbocycles. The predicted molar refractivity (Wildman–Crippen MR) is 112 cm³/mol. The summed E-state index contributed by atoms with van der Waals surface area (Å²) >= 11 is 3.22. The molecule has 1 aliphatic rings. The molecule has 1 saturated heterocycles. The van der Waals surface area contributed by atoms with Gasteiger partial charge in [0.15, 0.2) is 0 Å². The van der Waals surface area contributed by atoms with Gasteiger partial charge in [0, 0.05) is 25.2 Å². The Labute approximate surface area is 172 Å². The highest BCUT2D eigenvalue weighted by Gasteiger charge is 2.28. The molecule has 0 aliphatic carbocycles. The van der Waals surface area contributed by atoms with Crippen molar-refractivity contribution in [3.63, 3.8) is 0 Å². The molecular formula is C20H23N5OS2. The van der Waals surface area contributed by atoms with Crippen LogP contribution in [0.2, 0.25) is 0 Å². The van der Waals surface area contributed by atoms with Gasteiger partial charge in [0.2, 0.25) is 0 Å². The van der Waals surface area contributed by atoms with Gasteiger partial charge >= 0.3 is 0 Å². The smallest absolute Gasteiger partial charge is 0.265 e. The summed E-state index contributed by atoms with van der Waals surface area (Å²) < 4.78 is 0. The van der Waals surface area contributed by atoms with E-state index in [2.05, 4.69) is 15.0 Å². The lowest BCUT2D eigenvalue weighted by Gasteiger charge is -2.30. The minimum absolute atomic E-state index is 0.119. The molecule has 146 valence electrons. The predicted octanol–water partition coefficient (Wildman–Crippen LogP) is 4.31. The molecule has 1 aliphatic heterocycles. The summed E-state index contributed by atoms with van der Waals surface area (Å²) in [6.45, 7) is 9.33. The Kier molecular flexibility index (Phi) is 5.25. The van der Waals surface area contributed by atoms with Crippen LogP contribution in [-0.2, 0) is 0 Å². The highest BCUT2D eigenvalue weighted by molar-refractivity contribution is 7.15. The quantitative estimate of drug-likeness (QED) is 0.640. The Morgan fingerprint density at radius 3 is 2.43 bits per heavy atom. The van der Waals surface area contributed by atoms with Gasteiger partial charge in [-0.05, 0) is 46.6 Å². The van der Waals surface area contributed by atoms with Gasteiger partial charge < -0.3 is 4.90 Å². The van der Waals surface area contributed by atoms with Crippen LogP contribution in [0.25, 0.3) is 10.6 Å². The molecule has 0 atom stereocenters. The molecule has 6 nitrogen and oxygen atoms in total. The largest absolute Gasteiger partial charge is 0.338 e. The molecule has 4 heterocycles. The van der Waals surface area contributed by atoms with Gasteiger partial charge in [0.05, 0.1) is 32.0 Å². The number of rotatable bonds is 3. The van der Waals surface area contributed by atoms with Gasteiger partial charge in [-0.25, -0.2) is 19.9 Å². The number of hydrogen-bond acceptors (Lipinski definition) is 7. The Morgan fingerprint density at radius 2 is 1.79 bits per heavy atom. The number of thiazole rings is 2. The molecule has 0 saturated carbocycles. The van der Waals surface area contributed by atoms with Crippen molar-refractivity contribution < 1.29 is 4.79 Å². The maximum atomic E-state index is 12.8. The van der Waals surface area contributed by atoms with Crippen LogP contribution in [0.15, 0.2) is 12.3 Å². The zero-order valence-electron chi connectivity index (χ0n) is 16.5. The SMILES string of the molecule is Cc1nccc(-c2sc(C3CCN(C(=O)c4sc(C)nc4C)CC3)nc2C)n1. The molecule has 1 fully saturated rings. The van der Waals surface area contributed by atoms with E-state index in [1.807, 2.05) is 38.7 Å². The van der Waals surface area contributed by atoms with Crippen molar-refractivity contribution in [1.82, 2.24) is 24.8 Å². The Morgan fingerprint density at radius 1 is 1.04 bits per heavy atom. The van der Waals surface area contributed by atoms with E-state index in [1.165, 1.54) is 11.3 Å². The van der Waals surface area contributed by atoms with Crippen molar-refractivity contribution in [3.05, 3.63) is 44.4 Å². The molecular weight excluding hydrogens is 390 g/mol. The van der Waals surface area contributed by atoms with E-state index >= 15 is 0 Å². The van der Waals surface area contributed by atoms with Gasteiger partial charge in [-0.1, -0.05) is 0 Å². The van der Waals surface area contributed by atoms with Crippen molar-refractivity contribution in [1.29, 1.82) is 0 Å². The van der Waals surface area contributed by atoms with Crippen molar-refractivity contribution in [2.24, 2.45) is 0 Å². The fourth-order valence-electron chi connectivity index (χ4n) is 3.62. The van der Waals surface area contributed by atoms with Gasteiger partial charge in [-0.15, -0.1) is 22.7 Å². The van der Waals surface area contributed by atoms with Gasteiger partial charge in [0.1, 0.15) is 10.7 Å². The molecule has 0 unspecified atom stereocenters. The average molecular weight is 414 g/mol. The summed E-state index contributed by atoms with van der Waals surface area (Å²) in [5.41, 5.74) is 2.81. The number of aryl methyl sites for hydroxylation is 4. The molecule has 4 rings (SSSR count). The van der Waals surface area contributed by atoms with E-state index in [9.17, 15) is 4.79 Å². The summed E-state index contributed by atoms with van der Waals surface area (Å²) in [5.74, 6) is 1.29. The van der Waals surface area contributed by atoms with Crippen molar-refractivity contribution in [2.45, 2.75) is 46.5 Å². The van der Waals surface area contributed by atoms with E-state index in [0.29, 0.717) is 5.92 Å². The zero-order chi connectivity index (χ0) is 19.8. The number of nitrogens with zero attached hydrogens (tertiary/aromatic N) is 5. The molecule has 0 N–H and O–H groups in total. The third-order valence-electron chi connectivity index (χ3n) is 5.05. The summed E-state index contributed by atoms with van der Waals surface area (Å²) in [7, 11) is 0. The van der Waals surface area contributed by atoms with Crippen molar-refractivity contribution in [2.75, 3.05) is 13.1 Å². The second-order valence-electron chi connectivity index (χ2n) is 7.17. The van der Waals surface area contributed by atoms with Crippen molar-refractivity contribution in [3.8, 4) is 10.6 Å². The minimum atomic E-state index is 0.119. The zero-order valence-corrected chi connectivity index (χ0v) is 18.2. The molecule has 0 radical (unpaired) electrons. The molecule has 3 aromatic rings. The van der Waals surface area contributed by atoms with E-state index in [-0.39, 0.29) is 5.91 Å². The number of hydrogen-bond donors (Lipinski definition) is 0. The van der Waals surface area contributed by atoms with Crippen molar-refractivity contribution >= 4 is 28.6 Å². The number of amides is 1. The van der Waals surface area contributed by atoms with Crippen LogP contribution in [0.1, 0.15) is 55.7 Å². The van der Waals surface area contributed by atoms with E-state index in [1.54, 1.807) is 17.5 Å². The van der Waals surface area contributed by atoms with E-state index in [0.717, 1.165) is 68.6 Å². The Balaban J connectivity index is 1.46. The Hall–Kier alpha value is -2.19. The summed E-state index contributed by atoms with van der Waals surface area (Å²) in [6, 6.07) is 1.94. The number of piperidine rings is 1. The van der Waals surface area contributed by atoms with Crippen LogP contribution in [0.4, 0.5) is 0 Å². The molecule has 0 spiro atoms. The first-order chi connectivity index (χ1) is 13.4. The highest BCUT2D eigenvalue weighted by Crippen LogP contribution is 2.37. The van der Waals surface area contributed by atoms with Crippen LogP contribution >= 0.6 is 22.7 Å². The topological polar surface area (TPSA) is 71.9 Å². The van der Waals surface area contributed by atoms with Crippen LogP contribution in [0, 0.1) is 27.7 Å². The normalized spacial score (nSPS) is 15.2.